The molecule has 0 aliphatic carbocycles. The Bertz CT molecular complexity index is 1290. The highest BCUT2D eigenvalue weighted by molar-refractivity contribution is 5.70. The molecule has 0 fully saturated rings. The molecule has 0 radical (unpaired) electrons. The average molecular weight is 613 g/mol. The SMILES string of the molecule is CC(CON(Cc1ccccc1)Cc1ccccc1)C(=O)O.CCC(CON(Cc1ccccc1)Cc1ccccc1)C(=O)O. The first kappa shape index (κ1) is 35.1. The Kier molecular flexibility index (Phi) is 15.5. The summed E-state index contributed by atoms with van der Waals surface area (Å²) < 4.78 is 0. The Labute approximate surface area is 266 Å². The molecule has 4 aromatic carbocycles. The molecule has 0 aliphatic heterocycles. The molecule has 2 N–H and O–H groups in total. The Balaban J connectivity index is 0.000000246. The van der Waals surface area contributed by atoms with Gasteiger partial charge in [0.15, 0.2) is 0 Å². The van der Waals surface area contributed by atoms with Crippen molar-refractivity contribution < 1.29 is 29.5 Å². The van der Waals surface area contributed by atoms with Gasteiger partial charge in [-0.15, -0.1) is 0 Å². The fraction of sp³-hybridized carbons (Fsp3) is 0.297. The first-order chi connectivity index (χ1) is 21.8. The third-order valence-electron chi connectivity index (χ3n) is 7.04. The predicted octanol–water partition coefficient (Wildman–Crippen LogP) is 7.07. The highest BCUT2D eigenvalue weighted by atomic mass is 16.7. The second kappa shape index (κ2) is 19.8. The second-order valence-corrected chi connectivity index (χ2v) is 10.8. The van der Waals surface area contributed by atoms with Crippen LogP contribution in [0.15, 0.2) is 121 Å². The van der Waals surface area contributed by atoms with Gasteiger partial charge in [-0.2, -0.15) is 10.1 Å². The van der Waals surface area contributed by atoms with E-state index in [4.69, 9.17) is 19.9 Å². The van der Waals surface area contributed by atoms with Gasteiger partial charge in [-0.1, -0.05) is 128 Å². The molecular formula is C37H44N2O6. The molecule has 4 rings (SSSR count). The summed E-state index contributed by atoms with van der Waals surface area (Å²) in [6.45, 7) is 6.31. The summed E-state index contributed by atoms with van der Waals surface area (Å²) in [7, 11) is 0. The molecule has 0 spiro atoms. The number of rotatable bonds is 17. The minimum absolute atomic E-state index is 0.162. The third kappa shape index (κ3) is 13.9. The van der Waals surface area contributed by atoms with E-state index < -0.39 is 23.8 Å². The normalized spacial score (nSPS) is 12.3. The summed E-state index contributed by atoms with van der Waals surface area (Å²) in [4.78, 5) is 33.6. The van der Waals surface area contributed by atoms with Crippen LogP contribution < -0.4 is 0 Å². The molecule has 8 nitrogen and oxygen atoms in total. The maximum atomic E-state index is 11.2. The molecule has 2 unspecified atom stereocenters. The summed E-state index contributed by atoms with van der Waals surface area (Å²) >= 11 is 0. The standard InChI is InChI=1S/C19H23NO3.C18H21NO3/c1-2-18(19(21)22)15-23-20(13-16-9-5-3-6-10-16)14-17-11-7-4-8-12-17;1-15(18(20)21)14-22-19(12-16-8-4-2-5-9-16)13-17-10-6-3-7-11-17/h3-12,18H,2,13-15H2,1H3,(H,21,22);2-11,15H,12-14H2,1H3,(H,20,21). The van der Waals surface area contributed by atoms with Crippen LogP contribution >= 0.6 is 0 Å². The van der Waals surface area contributed by atoms with E-state index in [9.17, 15) is 9.59 Å². The maximum absolute atomic E-state index is 11.2. The lowest BCUT2D eigenvalue weighted by molar-refractivity contribution is -0.190. The molecule has 238 valence electrons. The van der Waals surface area contributed by atoms with E-state index in [1.807, 2.05) is 138 Å². The van der Waals surface area contributed by atoms with Gasteiger partial charge in [0.25, 0.3) is 0 Å². The van der Waals surface area contributed by atoms with Crippen molar-refractivity contribution >= 4 is 11.9 Å². The molecule has 0 saturated carbocycles. The monoisotopic (exact) mass is 612 g/mol. The number of carboxylic acid groups (broad SMARTS) is 2. The fourth-order valence-corrected chi connectivity index (χ4v) is 4.29. The van der Waals surface area contributed by atoms with Crippen molar-refractivity contribution in [2.75, 3.05) is 13.2 Å². The quantitative estimate of drug-likeness (QED) is 0.122. The first-order valence-electron chi connectivity index (χ1n) is 15.2. The van der Waals surface area contributed by atoms with Crippen molar-refractivity contribution in [3.63, 3.8) is 0 Å². The van der Waals surface area contributed by atoms with Gasteiger partial charge < -0.3 is 10.2 Å². The van der Waals surface area contributed by atoms with Crippen molar-refractivity contribution in [1.82, 2.24) is 10.1 Å². The number of carboxylic acids is 2. The van der Waals surface area contributed by atoms with Gasteiger partial charge in [0.1, 0.15) is 0 Å². The summed E-state index contributed by atoms with van der Waals surface area (Å²) in [5, 5.41) is 21.8. The lowest BCUT2D eigenvalue weighted by Crippen LogP contribution is -2.28. The minimum Gasteiger partial charge on any atom is -0.481 e. The van der Waals surface area contributed by atoms with Gasteiger partial charge >= 0.3 is 11.9 Å². The molecular weight excluding hydrogens is 568 g/mol. The highest BCUT2D eigenvalue weighted by Gasteiger charge is 2.18. The highest BCUT2D eigenvalue weighted by Crippen LogP contribution is 2.14. The van der Waals surface area contributed by atoms with Crippen LogP contribution in [0.1, 0.15) is 42.5 Å². The van der Waals surface area contributed by atoms with Crippen LogP contribution in [0.4, 0.5) is 0 Å². The summed E-state index contributed by atoms with van der Waals surface area (Å²) in [6, 6.07) is 40.0. The molecule has 0 aromatic heterocycles. The van der Waals surface area contributed by atoms with Gasteiger partial charge in [0.2, 0.25) is 0 Å². The summed E-state index contributed by atoms with van der Waals surface area (Å²) in [5.41, 5.74) is 4.52. The van der Waals surface area contributed by atoms with Crippen molar-refractivity contribution in [2.24, 2.45) is 11.8 Å². The Morgan fingerprint density at radius 2 is 0.867 bits per heavy atom. The van der Waals surface area contributed by atoms with Gasteiger partial charge in [-0.25, -0.2) is 0 Å². The fourth-order valence-electron chi connectivity index (χ4n) is 4.29. The molecule has 2 atom stereocenters. The zero-order chi connectivity index (χ0) is 32.3. The largest absolute Gasteiger partial charge is 0.481 e. The van der Waals surface area contributed by atoms with E-state index in [0.717, 1.165) is 22.3 Å². The van der Waals surface area contributed by atoms with E-state index in [1.54, 1.807) is 6.92 Å². The van der Waals surface area contributed by atoms with Crippen molar-refractivity contribution in [3.8, 4) is 0 Å². The molecule has 8 heteroatoms. The van der Waals surface area contributed by atoms with E-state index in [2.05, 4.69) is 0 Å². The van der Waals surface area contributed by atoms with E-state index in [0.29, 0.717) is 32.6 Å². The number of benzene rings is 4. The molecule has 0 saturated heterocycles. The van der Waals surface area contributed by atoms with Gasteiger partial charge in [0, 0.05) is 26.2 Å². The van der Waals surface area contributed by atoms with Gasteiger partial charge in [-0.3, -0.25) is 19.3 Å². The Morgan fingerprint density at radius 1 is 0.556 bits per heavy atom. The minimum atomic E-state index is -0.848. The lowest BCUT2D eigenvalue weighted by Gasteiger charge is -2.23. The average Bonchev–Trinajstić information content (AvgIpc) is 3.05. The van der Waals surface area contributed by atoms with Crippen LogP contribution in [0, 0.1) is 11.8 Å². The van der Waals surface area contributed by atoms with Crippen molar-refractivity contribution in [2.45, 2.75) is 46.4 Å². The lowest BCUT2D eigenvalue weighted by atomic mass is 10.1. The Morgan fingerprint density at radius 3 is 1.13 bits per heavy atom. The van der Waals surface area contributed by atoms with Gasteiger partial charge in [-0.05, 0) is 35.6 Å². The van der Waals surface area contributed by atoms with Crippen LogP contribution in [0.25, 0.3) is 0 Å². The number of hydroxylamine groups is 4. The topological polar surface area (TPSA) is 99.5 Å². The van der Waals surface area contributed by atoms with Crippen LogP contribution in [0.5, 0.6) is 0 Å². The zero-order valence-corrected chi connectivity index (χ0v) is 26.1. The van der Waals surface area contributed by atoms with Crippen molar-refractivity contribution in [1.29, 1.82) is 0 Å². The smallest absolute Gasteiger partial charge is 0.308 e. The maximum Gasteiger partial charge on any atom is 0.308 e. The summed E-state index contributed by atoms with van der Waals surface area (Å²) in [5.74, 6) is -2.68. The number of hydrogen-bond donors (Lipinski definition) is 2. The van der Waals surface area contributed by atoms with E-state index in [-0.39, 0.29) is 13.2 Å². The second-order valence-electron chi connectivity index (χ2n) is 10.8. The summed E-state index contributed by atoms with van der Waals surface area (Å²) in [6.07, 6.45) is 0.555. The number of aliphatic carboxylic acids is 2. The molecule has 4 aromatic rings. The van der Waals surface area contributed by atoms with Crippen molar-refractivity contribution in [3.05, 3.63) is 144 Å². The van der Waals surface area contributed by atoms with Crippen LogP contribution in [-0.4, -0.2) is 45.5 Å². The predicted molar refractivity (Wildman–Crippen MR) is 174 cm³/mol. The molecule has 0 heterocycles. The van der Waals surface area contributed by atoms with Crippen LogP contribution in [0.3, 0.4) is 0 Å². The first-order valence-corrected chi connectivity index (χ1v) is 15.2. The van der Waals surface area contributed by atoms with E-state index in [1.165, 1.54) is 0 Å². The number of hydrogen-bond acceptors (Lipinski definition) is 6. The third-order valence-corrected chi connectivity index (χ3v) is 7.04. The number of carbonyl (C=O) groups is 2. The molecule has 0 bridgehead atoms. The van der Waals surface area contributed by atoms with Crippen LogP contribution in [0.2, 0.25) is 0 Å². The zero-order valence-electron chi connectivity index (χ0n) is 26.1. The molecule has 0 amide bonds. The van der Waals surface area contributed by atoms with E-state index >= 15 is 0 Å². The molecule has 45 heavy (non-hydrogen) atoms. The molecule has 0 aliphatic rings. The number of nitrogens with zero attached hydrogens (tertiary/aromatic N) is 2. The van der Waals surface area contributed by atoms with Crippen LogP contribution in [-0.2, 0) is 45.4 Å². The Hall–Kier alpha value is -4.34. The van der Waals surface area contributed by atoms with Gasteiger partial charge in [0.05, 0.1) is 25.0 Å².